The van der Waals surface area contributed by atoms with Gasteiger partial charge in [0.15, 0.2) is 0 Å². The van der Waals surface area contributed by atoms with Gasteiger partial charge in [-0.1, -0.05) is 53.4 Å². The smallest absolute Gasteiger partial charge is 0.0964 e. The van der Waals surface area contributed by atoms with E-state index < -0.39 is 0 Å². The first kappa shape index (κ1) is 17.0. The number of rotatable bonds is 5. The number of hydrogen-bond acceptors (Lipinski definition) is 2. The van der Waals surface area contributed by atoms with Crippen LogP contribution in [0.3, 0.4) is 0 Å². The van der Waals surface area contributed by atoms with Crippen molar-refractivity contribution in [1.82, 2.24) is 5.32 Å². The molecule has 0 spiro atoms. The van der Waals surface area contributed by atoms with Crippen molar-refractivity contribution in [2.24, 2.45) is 0 Å². The molecule has 0 aliphatic heterocycles. The molecule has 1 aliphatic carbocycles. The van der Waals surface area contributed by atoms with Crippen LogP contribution in [0, 0.1) is 0 Å². The minimum atomic E-state index is 0.107. The first-order valence-electron chi connectivity index (χ1n) is 8.10. The Hall–Kier alpha value is -0.380. The van der Waals surface area contributed by atoms with Crippen molar-refractivity contribution in [2.45, 2.75) is 70.6 Å². The van der Waals surface area contributed by atoms with Gasteiger partial charge < -0.3 is 10.1 Å². The largest absolute Gasteiger partial charge is 0.369 e. The highest BCUT2D eigenvalue weighted by molar-refractivity contribution is 9.10. The summed E-state index contributed by atoms with van der Waals surface area (Å²) >= 11 is 3.67. The molecular formula is C18H28BrNO. The maximum absolute atomic E-state index is 6.46. The third-order valence-corrected chi connectivity index (χ3v) is 4.70. The monoisotopic (exact) mass is 353 g/mol. The second-order valence-corrected chi connectivity index (χ2v) is 7.89. The van der Waals surface area contributed by atoms with Gasteiger partial charge in [-0.3, -0.25) is 0 Å². The Kier molecular flexibility index (Phi) is 6.27. The number of benzene rings is 1. The molecule has 1 saturated carbocycles. The lowest BCUT2D eigenvalue weighted by atomic mass is 9.97. The van der Waals surface area contributed by atoms with Crippen LogP contribution in [0.2, 0.25) is 0 Å². The standard InChI is InChI=1S/C18H28BrNO/c1-18(2,3)20-13-17(15-11-7-8-12-16(15)19)21-14-9-5-4-6-10-14/h7-8,11-12,14,17,20H,4-6,9-10,13H2,1-3H3. The molecule has 21 heavy (non-hydrogen) atoms. The molecule has 0 saturated heterocycles. The van der Waals surface area contributed by atoms with Gasteiger partial charge in [0.05, 0.1) is 12.2 Å². The van der Waals surface area contributed by atoms with E-state index >= 15 is 0 Å². The molecule has 1 N–H and O–H groups in total. The van der Waals surface area contributed by atoms with E-state index in [9.17, 15) is 0 Å². The second-order valence-electron chi connectivity index (χ2n) is 7.04. The first-order chi connectivity index (χ1) is 9.96. The Morgan fingerprint density at radius 2 is 1.86 bits per heavy atom. The van der Waals surface area contributed by atoms with Crippen molar-refractivity contribution in [3.8, 4) is 0 Å². The zero-order valence-corrected chi connectivity index (χ0v) is 15.1. The van der Waals surface area contributed by atoms with E-state index in [1.165, 1.54) is 37.7 Å². The van der Waals surface area contributed by atoms with Gasteiger partial charge in [-0.05, 0) is 45.2 Å². The van der Waals surface area contributed by atoms with Gasteiger partial charge in [0, 0.05) is 16.6 Å². The molecule has 3 heteroatoms. The molecule has 1 fully saturated rings. The average Bonchev–Trinajstić information content (AvgIpc) is 2.44. The topological polar surface area (TPSA) is 21.3 Å². The molecule has 0 aromatic heterocycles. The molecule has 1 unspecified atom stereocenters. The molecule has 0 radical (unpaired) electrons. The fourth-order valence-electron chi connectivity index (χ4n) is 2.80. The minimum Gasteiger partial charge on any atom is -0.369 e. The maximum atomic E-state index is 6.46. The van der Waals surface area contributed by atoms with Crippen LogP contribution in [0.4, 0.5) is 0 Å². The summed E-state index contributed by atoms with van der Waals surface area (Å²) in [5.74, 6) is 0. The summed E-state index contributed by atoms with van der Waals surface area (Å²) in [5.41, 5.74) is 1.36. The van der Waals surface area contributed by atoms with Crippen molar-refractivity contribution >= 4 is 15.9 Å². The predicted molar refractivity (Wildman–Crippen MR) is 92.6 cm³/mol. The van der Waals surface area contributed by atoms with Crippen LogP contribution in [-0.4, -0.2) is 18.2 Å². The fraction of sp³-hybridized carbons (Fsp3) is 0.667. The molecule has 2 nitrogen and oxygen atoms in total. The molecule has 1 aliphatic rings. The summed E-state index contributed by atoms with van der Waals surface area (Å²) in [4.78, 5) is 0. The number of ether oxygens (including phenoxy) is 1. The Morgan fingerprint density at radius 1 is 1.19 bits per heavy atom. The molecule has 0 bridgehead atoms. The van der Waals surface area contributed by atoms with Gasteiger partial charge in [0.1, 0.15) is 0 Å². The summed E-state index contributed by atoms with van der Waals surface area (Å²) < 4.78 is 7.60. The molecule has 1 aromatic carbocycles. The minimum absolute atomic E-state index is 0.107. The summed E-state index contributed by atoms with van der Waals surface area (Å²) in [7, 11) is 0. The Balaban J connectivity index is 2.07. The van der Waals surface area contributed by atoms with E-state index in [0.717, 1.165) is 11.0 Å². The predicted octanol–water partition coefficient (Wildman–Crippen LogP) is 5.23. The summed E-state index contributed by atoms with van der Waals surface area (Å²) in [6.07, 6.45) is 6.91. The van der Waals surface area contributed by atoms with Gasteiger partial charge in [0.2, 0.25) is 0 Å². The molecular weight excluding hydrogens is 326 g/mol. The van der Waals surface area contributed by atoms with Crippen molar-refractivity contribution < 1.29 is 4.74 Å². The molecule has 0 amide bonds. The summed E-state index contributed by atoms with van der Waals surface area (Å²) in [5, 5.41) is 3.59. The number of halogens is 1. The fourth-order valence-corrected chi connectivity index (χ4v) is 3.34. The van der Waals surface area contributed by atoms with E-state index in [1.54, 1.807) is 0 Å². The zero-order chi connectivity index (χ0) is 15.3. The molecule has 0 heterocycles. The van der Waals surface area contributed by atoms with Crippen molar-refractivity contribution in [1.29, 1.82) is 0 Å². The van der Waals surface area contributed by atoms with E-state index in [0.29, 0.717) is 6.10 Å². The molecule has 118 valence electrons. The Bertz CT molecular complexity index is 435. The zero-order valence-electron chi connectivity index (χ0n) is 13.5. The van der Waals surface area contributed by atoms with Gasteiger partial charge in [0.25, 0.3) is 0 Å². The second kappa shape index (κ2) is 7.75. The van der Waals surface area contributed by atoms with Crippen LogP contribution < -0.4 is 5.32 Å². The third kappa shape index (κ3) is 5.72. The van der Waals surface area contributed by atoms with Crippen LogP contribution in [0.25, 0.3) is 0 Å². The summed E-state index contributed by atoms with van der Waals surface area (Å²) in [6, 6.07) is 8.42. The van der Waals surface area contributed by atoms with Crippen molar-refractivity contribution in [2.75, 3.05) is 6.54 Å². The van der Waals surface area contributed by atoms with Crippen molar-refractivity contribution in [3.63, 3.8) is 0 Å². The van der Waals surface area contributed by atoms with Crippen LogP contribution in [-0.2, 0) is 4.74 Å². The SMILES string of the molecule is CC(C)(C)NCC(OC1CCCCC1)c1ccccc1Br. The van der Waals surface area contributed by atoms with E-state index in [4.69, 9.17) is 4.74 Å². The lowest BCUT2D eigenvalue weighted by molar-refractivity contribution is -0.0331. The first-order valence-corrected chi connectivity index (χ1v) is 8.90. The van der Waals surface area contributed by atoms with E-state index in [-0.39, 0.29) is 11.6 Å². The highest BCUT2D eigenvalue weighted by Crippen LogP contribution is 2.30. The Morgan fingerprint density at radius 3 is 2.48 bits per heavy atom. The maximum Gasteiger partial charge on any atom is 0.0964 e. The lowest BCUT2D eigenvalue weighted by Crippen LogP contribution is -2.40. The van der Waals surface area contributed by atoms with E-state index in [2.05, 4.69) is 66.3 Å². The highest BCUT2D eigenvalue weighted by atomic mass is 79.9. The van der Waals surface area contributed by atoms with Gasteiger partial charge in [-0.15, -0.1) is 0 Å². The molecule has 1 atom stereocenters. The highest BCUT2D eigenvalue weighted by Gasteiger charge is 2.23. The molecule has 2 rings (SSSR count). The van der Waals surface area contributed by atoms with Crippen LogP contribution in [0.5, 0.6) is 0 Å². The third-order valence-electron chi connectivity index (χ3n) is 3.98. The van der Waals surface area contributed by atoms with Gasteiger partial charge in [-0.25, -0.2) is 0 Å². The molecule has 1 aromatic rings. The normalized spacial score (nSPS) is 18.7. The lowest BCUT2D eigenvalue weighted by Gasteiger charge is -2.31. The quantitative estimate of drug-likeness (QED) is 0.782. The van der Waals surface area contributed by atoms with Gasteiger partial charge >= 0.3 is 0 Å². The number of hydrogen-bond donors (Lipinski definition) is 1. The van der Waals surface area contributed by atoms with Crippen LogP contribution >= 0.6 is 15.9 Å². The van der Waals surface area contributed by atoms with Gasteiger partial charge in [-0.2, -0.15) is 0 Å². The average molecular weight is 354 g/mol. The number of nitrogens with one attached hydrogen (secondary N) is 1. The van der Waals surface area contributed by atoms with E-state index in [1.807, 2.05) is 0 Å². The Labute approximate surface area is 137 Å². The van der Waals surface area contributed by atoms with Crippen LogP contribution in [0.1, 0.15) is 64.5 Å². The van der Waals surface area contributed by atoms with Crippen LogP contribution in [0.15, 0.2) is 28.7 Å². The van der Waals surface area contributed by atoms with Crippen molar-refractivity contribution in [3.05, 3.63) is 34.3 Å². The summed E-state index contributed by atoms with van der Waals surface area (Å²) in [6.45, 7) is 7.45.